The summed E-state index contributed by atoms with van der Waals surface area (Å²) in [6.45, 7) is 8.73. The van der Waals surface area contributed by atoms with Gasteiger partial charge in [-0.05, 0) is 69.3 Å². The van der Waals surface area contributed by atoms with E-state index < -0.39 is 0 Å². The number of ether oxygens (including phenoxy) is 1. The largest absolute Gasteiger partial charge is 0.383 e. The lowest BCUT2D eigenvalue weighted by atomic mass is 9.95. The van der Waals surface area contributed by atoms with E-state index >= 15 is 0 Å². The number of carbonyl (C=O) groups is 2. The van der Waals surface area contributed by atoms with Gasteiger partial charge in [0.1, 0.15) is 0 Å². The van der Waals surface area contributed by atoms with Crippen molar-refractivity contribution in [2.75, 3.05) is 39.9 Å². The summed E-state index contributed by atoms with van der Waals surface area (Å²) in [6.07, 6.45) is 4.74. The van der Waals surface area contributed by atoms with Gasteiger partial charge in [0.15, 0.2) is 0 Å². The lowest BCUT2D eigenvalue weighted by Gasteiger charge is -2.41. The highest BCUT2D eigenvalue weighted by molar-refractivity contribution is 5.98. The number of rotatable bonds is 6. The first-order valence-corrected chi connectivity index (χ1v) is 10.9. The molecule has 0 spiro atoms. The quantitative estimate of drug-likeness (QED) is 0.796. The first-order chi connectivity index (χ1) is 14.0. The SMILES string of the molecule is COCC(C)NC(=O)c1ccc(C(=O)N2CCC(N3CCCC(C)C3)CC2)cc1. The number of hydrogen-bond donors (Lipinski definition) is 1. The molecular weight excluding hydrogens is 366 g/mol. The molecule has 0 aliphatic carbocycles. The molecule has 3 rings (SSSR count). The van der Waals surface area contributed by atoms with Gasteiger partial charge in [0.05, 0.1) is 6.61 Å². The van der Waals surface area contributed by atoms with Crippen molar-refractivity contribution in [2.45, 2.75) is 51.6 Å². The highest BCUT2D eigenvalue weighted by Crippen LogP contribution is 2.24. The van der Waals surface area contributed by atoms with Gasteiger partial charge in [-0.1, -0.05) is 6.92 Å². The first-order valence-electron chi connectivity index (χ1n) is 10.9. The number of nitrogens with one attached hydrogen (secondary N) is 1. The topological polar surface area (TPSA) is 61.9 Å². The van der Waals surface area contributed by atoms with Gasteiger partial charge in [0.2, 0.25) is 0 Å². The van der Waals surface area contributed by atoms with Gasteiger partial charge < -0.3 is 15.0 Å². The normalized spacial score (nSPS) is 22.3. The molecule has 6 heteroatoms. The molecule has 1 N–H and O–H groups in total. The van der Waals surface area contributed by atoms with Crippen LogP contribution in [0.1, 0.15) is 60.2 Å². The highest BCUT2D eigenvalue weighted by atomic mass is 16.5. The number of nitrogens with zero attached hydrogens (tertiary/aromatic N) is 2. The number of benzene rings is 1. The predicted octanol–water partition coefficient (Wildman–Crippen LogP) is 2.79. The second-order valence-corrected chi connectivity index (χ2v) is 8.67. The Labute approximate surface area is 174 Å². The van der Waals surface area contributed by atoms with E-state index in [0.717, 1.165) is 31.8 Å². The Balaban J connectivity index is 1.51. The Morgan fingerprint density at radius 3 is 2.38 bits per heavy atom. The fraction of sp³-hybridized carbons (Fsp3) is 0.652. The van der Waals surface area contributed by atoms with E-state index in [1.807, 2.05) is 11.8 Å². The van der Waals surface area contributed by atoms with Crippen molar-refractivity contribution >= 4 is 11.8 Å². The molecule has 29 heavy (non-hydrogen) atoms. The average Bonchev–Trinajstić information content (AvgIpc) is 2.73. The molecule has 2 amide bonds. The molecule has 0 bridgehead atoms. The van der Waals surface area contributed by atoms with Crippen LogP contribution in [0.5, 0.6) is 0 Å². The van der Waals surface area contributed by atoms with Gasteiger partial charge in [-0.3, -0.25) is 14.5 Å². The Bertz CT molecular complexity index is 683. The van der Waals surface area contributed by atoms with E-state index in [1.165, 1.54) is 25.9 Å². The summed E-state index contributed by atoms with van der Waals surface area (Å²) < 4.78 is 5.04. The Hall–Kier alpha value is -1.92. The molecule has 2 aliphatic heterocycles. The van der Waals surface area contributed by atoms with Crippen LogP contribution in [0.4, 0.5) is 0 Å². The van der Waals surface area contributed by atoms with Gasteiger partial charge in [0.25, 0.3) is 11.8 Å². The summed E-state index contributed by atoms with van der Waals surface area (Å²) in [5.74, 6) is 0.705. The molecule has 2 aliphatic rings. The predicted molar refractivity (Wildman–Crippen MR) is 114 cm³/mol. The van der Waals surface area contributed by atoms with Crippen LogP contribution in [-0.4, -0.2) is 73.6 Å². The Morgan fingerprint density at radius 1 is 1.10 bits per heavy atom. The number of methoxy groups -OCH3 is 1. The Kier molecular flexibility index (Phi) is 7.67. The third-order valence-corrected chi connectivity index (χ3v) is 6.14. The molecule has 0 radical (unpaired) electrons. The standard InChI is InChI=1S/C23H35N3O3/c1-17-5-4-12-26(15-17)21-10-13-25(14-11-21)23(28)20-8-6-19(7-9-20)22(27)24-18(2)16-29-3/h6-9,17-18,21H,4-5,10-16H2,1-3H3,(H,24,27). The maximum atomic E-state index is 12.9. The van der Waals surface area contributed by atoms with Crippen molar-refractivity contribution in [2.24, 2.45) is 5.92 Å². The number of hydrogen-bond acceptors (Lipinski definition) is 4. The molecule has 1 aromatic carbocycles. The molecule has 2 atom stereocenters. The van der Waals surface area contributed by atoms with Crippen molar-refractivity contribution < 1.29 is 14.3 Å². The minimum absolute atomic E-state index is 0.0574. The lowest BCUT2D eigenvalue weighted by Crippen LogP contribution is -2.49. The van der Waals surface area contributed by atoms with Crippen molar-refractivity contribution in [3.8, 4) is 0 Å². The molecule has 1 aromatic rings. The zero-order valence-electron chi connectivity index (χ0n) is 18.0. The van der Waals surface area contributed by atoms with E-state index in [1.54, 1.807) is 31.4 Å². The lowest BCUT2D eigenvalue weighted by molar-refractivity contribution is 0.0541. The van der Waals surface area contributed by atoms with Crippen LogP contribution < -0.4 is 5.32 Å². The van der Waals surface area contributed by atoms with Crippen LogP contribution in [0.2, 0.25) is 0 Å². The zero-order valence-corrected chi connectivity index (χ0v) is 18.0. The first kappa shape index (κ1) is 21.8. The number of carbonyl (C=O) groups excluding carboxylic acids is 2. The van der Waals surface area contributed by atoms with Gasteiger partial charge in [-0.25, -0.2) is 0 Å². The van der Waals surface area contributed by atoms with E-state index in [4.69, 9.17) is 4.74 Å². The number of amides is 2. The maximum absolute atomic E-state index is 12.9. The van der Waals surface area contributed by atoms with Gasteiger partial charge in [0, 0.05) is 50.0 Å². The summed E-state index contributed by atoms with van der Waals surface area (Å²) in [5.41, 5.74) is 1.21. The van der Waals surface area contributed by atoms with E-state index in [9.17, 15) is 9.59 Å². The molecule has 2 unspecified atom stereocenters. The van der Waals surface area contributed by atoms with Crippen LogP contribution >= 0.6 is 0 Å². The molecule has 2 fully saturated rings. The molecule has 2 heterocycles. The fourth-order valence-corrected chi connectivity index (χ4v) is 4.54. The molecule has 0 saturated carbocycles. The third-order valence-electron chi connectivity index (χ3n) is 6.14. The van der Waals surface area contributed by atoms with Crippen molar-refractivity contribution in [1.29, 1.82) is 0 Å². The third kappa shape index (κ3) is 5.80. The van der Waals surface area contributed by atoms with Crippen LogP contribution in [0.15, 0.2) is 24.3 Å². The summed E-state index contributed by atoms with van der Waals surface area (Å²) in [7, 11) is 1.61. The average molecular weight is 402 g/mol. The maximum Gasteiger partial charge on any atom is 0.253 e. The molecular formula is C23H35N3O3. The van der Waals surface area contributed by atoms with Crippen LogP contribution in [0.25, 0.3) is 0 Å². The summed E-state index contributed by atoms with van der Waals surface area (Å²) in [5, 5.41) is 2.88. The van der Waals surface area contributed by atoms with Crippen LogP contribution in [0.3, 0.4) is 0 Å². The van der Waals surface area contributed by atoms with Gasteiger partial charge >= 0.3 is 0 Å². The highest BCUT2D eigenvalue weighted by Gasteiger charge is 2.29. The van der Waals surface area contributed by atoms with Crippen LogP contribution in [0, 0.1) is 5.92 Å². The zero-order chi connectivity index (χ0) is 20.8. The number of likely N-dealkylation sites (tertiary alicyclic amines) is 2. The monoisotopic (exact) mass is 401 g/mol. The van der Waals surface area contributed by atoms with E-state index in [0.29, 0.717) is 23.8 Å². The molecule has 0 aromatic heterocycles. The summed E-state index contributed by atoms with van der Waals surface area (Å²) >= 11 is 0. The minimum Gasteiger partial charge on any atom is -0.383 e. The Morgan fingerprint density at radius 2 is 1.76 bits per heavy atom. The fourth-order valence-electron chi connectivity index (χ4n) is 4.54. The second-order valence-electron chi connectivity index (χ2n) is 8.67. The second kappa shape index (κ2) is 10.2. The van der Waals surface area contributed by atoms with Gasteiger partial charge in [-0.15, -0.1) is 0 Å². The summed E-state index contributed by atoms with van der Waals surface area (Å²) in [6, 6.07) is 7.53. The van der Waals surface area contributed by atoms with E-state index in [-0.39, 0.29) is 17.9 Å². The molecule has 6 nitrogen and oxygen atoms in total. The van der Waals surface area contributed by atoms with Crippen molar-refractivity contribution in [3.63, 3.8) is 0 Å². The van der Waals surface area contributed by atoms with Crippen molar-refractivity contribution in [1.82, 2.24) is 15.1 Å². The van der Waals surface area contributed by atoms with Crippen molar-refractivity contribution in [3.05, 3.63) is 35.4 Å². The smallest absolute Gasteiger partial charge is 0.253 e. The van der Waals surface area contributed by atoms with Crippen LogP contribution in [-0.2, 0) is 4.74 Å². The molecule has 2 saturated heterocycles. The van der Waals surface area contributed by atoms with Gasteiger partial charge in [-0.2, -0.15) is 0 Å². The van der Waals surface area contributed by atoms with E-state index in [2.05, 4.69) is 17.1 Å². The molecule has 160 valence electrons. The number of piperidine rings is 2. The minimum atomic E-state index is -0.148. The summed E-state index contributed by atoms with van der Waals surface area (Å²) in [4.78, 5) is 29.7.